The molecular formula is C18H17F2N3O. The molecule has 0 unspecified atom stereocenters. The maximum atomic E-state index is 13.9. The van der Waals surface area contributed by atoms with Gasteiger partial charge < -0.3 is 9.42 Å². The second-order valence-electron chi connectivity index (χ2n) is 5.98. The van der Waals surface area contributed by atoms with E-state index >= 15 is 0 Å². The standard InChI is InChI=1S/C18H17F2N3O/c19-13-5-6-17(15(20)11-13)23-9-7-22(8-10-23)12-16-14-3-1-2-4-18(14)24-21-16/h1-6,11H,7-10,12H2. The van der Waals surface area contributed by atoms with Crippen molar-refractivity contribution in [2.45, 2.75) is 6.54 Å². The summed E-state index contributed by atoms with van der Waals surface area (Å²) < 4.78 is 32.3. The molecule has 124 valence electrons. The number of fused-ring (bicyclic) bond motifs is 1. The third-order valence-electron chi connectivity index (χ3n) is 4.45. The van der Waals surface area contributed by atoms with Gasteiger partial charge in [0.05, 0.1) is 5.69 Å². The van der Waals surface area contributed by atoms with Crippen LogP contribution >= 0.6 is 0 Å². The van der Waals surface area contributed by atoms with Crippen LogP contribution in [-0.4, -0.2) is 36.2 Å². The van der Waals surface area contributed by atoms with Crippen molar-refractivity contribution in [3.63, 3.8) is 0 Å². The Morgan fingerprint density at radius 2 is 1.79 bits per heavy atom. The van der Waals surface area contributed by atoms with Crippen LogP contribution < -0.4 is 4.90 Å². The Hall–Kier alpha value is -2.47. The summed E-state index contributed by atoms with van der Waals surface area (Å²) in [4.78, 5) is 4.22. The van der Waals surface area contributed by atoms with Crippen molar-refractivity contribution in [3.8, 4) is 0 Å². The van der Waals surface area contributed by atoms with Crippen LogP contribution in [0.3, 0.4) is 0 Å². The zero-order valence-electron chi connectivity index (χ0n) is 13.1. The molecule has 2 heterocycles. The number of piperazine rings is 1. The number of hydrogen-bond donors (Lipinski definition) is 0. The second kappa shape index (κ2) is 6.20. The highest BCUT2D eigenvalue weighted by atomic mass is 19.1. The summed E-state index contributed by atoms with van der Waals surface area (Å²) in [7, 11) is 0. The van der Waals surface area contributed by atoms with E-state index in [1.165, 1.54) is 12.1 Å². The largest absolute Gasteiger partial charge is 0.367 e. The van der Waals surface area contributed by atoms with E-state index < -0.39 is 11.6 Å². The predicted octanol–water partition coefficient (Wildman–Crippen LogP) is 3.43. The number of anilines is 1. The molecule has 4 rings (SSSR count). The minimum Gasteiger partial charge on any atom is -0.367 e. The molecule has 1 saturated heterocycles. The van der Waals surface area contributed by atoms with Gasteiger partial charge >= 0.3 is 0 Å². The fraction of sp³-hybridized carbons (Fsp3) is 0.278. The lowest BCUT2D eigenvalue weighted by Gasteiger charge is -2.35. The van der Waals surface area contributed by atoms with Gasteiger partial charge in [-0.25, -0.2) is 8.78 Å². The lowest BCUT2D eigenvalue weighted by molar-refractivity contribution is 0.242. The van der Waals surface area contributed by atoms with Crippen molar-refractivity contribution in [2.75, 3.05) is 31.1 Å². The molecule has 1 aromatic heterocycles. The molecule has 0 aliphatic carbocycles. The predicted molar refractivity (Wildman–Crippen MR) is 87.9 cm³/mol. The number of rotatable bonds is 3. The van der Waals surface area contributed by atoms with Crippen LogP contribution in [-0.2, 0) is 6.54 Å². The number of nitrogens with zero attached hydrogens (tertiary/aromatic N) is 3. The summed E-state index contributed by atoms with van der Waals surface area (Å²) in [6.07, 6.45) is 0. The van der Waals surface area contributed by atoms with Crippen LogP contribution in [0.25, 0.3) is 11.0 Å². The van der Waals surface area contributed by atoms with Gasteiger partial charge in [0.25, 0.3) is 0 Å². The second-order valence-corrected chi connectivity index (χ2v) is 5.98. The molecule has 1 aliphatic rings. The third kappa shape index (κ3) is 2.85. The van der Waals surface area contributed by atoms with E-state index in [0.29, 0.717) is 25.3 Å². The average Bonchev–Trinajstić information content (AvgIpc) is 2.99. The molecule has 0 atom stereocenters. The quantitative estimate of drug-likeness (QED) is 0.737. The zero-order chi connectivity index (χ0) is 16.5. The first-order chi connectivity index (χ1) is 11.7. The van der Waals surface area contributed by atoms with Crippen molar-refractivity contribution in [2.24, 2.45) is 0 Å². The Kier molecular flexibility index (Phi) is 3.90. The summed E-state index contributed by atoms with van der Waals surface area (Å²) in [5.41, 5.74) is 2.18. The van der Waals surface area contributed by atoms with Crippen LogP contribution in [0, 0.1) is 11.6 Å². The molecule has 2 aromatic carbocycles. The first-order valence-electron chi connectivity index (χ1n) is 7.96. The SMILES string of the molecule is Fc1ccc(N2CCN(Cc3noc4ccccc34)CC2)c(F)c1. The molecule has 0 radical (unpaired) electrons. The molecule has 0 bridgehead atoms. The number of para-hydroxylation sites is 1. The summed E-state index contributed by atoms with van der Waals surface area (Å²) in [5.74, 6) is -1.06. The van der Waals surface area contributed by atoms with E-state index in [-0.39, 0.29) is 0 Å². The minimum atomic E-state index is -0.548. The number of halogens is 2. The monoisotopic (exact) mass is 329 g/mol. The van der Waals surface area contributed by atoms with Crippen molar-refractivity contribution >= 4 is 16.7 Å². The smallest absolute Gasteiger partial charge is 0.167 e. The Balaban J connectivity index is 1.43. The Morgan fingerprint density at radius 3 is 2.58 bits per heavy atom. The Bertz CT molecular complexity index is 856. The lowest BCUT2D eigenvalue weighted by atomic mass is 10.2. The van der Waals surface area contributed by atoms with Gasteiger partial charge in [0.15, 0.2) is 5.58 Å². The first kappa shape index (κ1) is 15.1. The van der Waals surface area contributed by atoms with Gasteiger partial charge in [-0.3, -0.25) is 4.90 Å². The maximum absolute atomic E-state index is 13.9. The van der Waals surface area contributed by atoms with Gasteiger partial charge in [0.2, 0.25) is 0 Å². The zero-order valence-corrected chi connectivity index (χ0v) is 13.1. The van der Waals surface area contributed by atoms with Crippen LogP contribution in [0.4, 0.5) is 14.5 Å². The van der Waals surface area contributed by atoms with E-state index in [1.807, 2.05) is 29.2 Å². The summed E-state index contributed by atoms with van der Waals surface area (Å²) in [6.45, 7) is 3.67. The molecule has 3 aromatic rings. The molecule has 4 nitrogen and oxygen atoms in total. The van der Waals surface area contributed by atoms with Crippen LogP contribution in [0.1, 0.15) is 5.69 Å². The topological polar surface area (TPSA) is 32.5 Å². The highest BCUT2D eigenvalue weighted by Crippen LogP contribution is 2.23. The molecular weight excluding hydrogens is 312 g/mol. The van der Waals surface area contributed by atoms with E-state index in [1.54, 1.807) is 0 Å². The van der Waals surface area contributed by atoms with Crippen LogP contribution in [0.5, 0.6) is 0 Å². The van der Waals surface area contributed by atoms with Crippen molar-refractivity contribution < 1.29 is 13.3 Å². The third-order valence-corrected chi connectivity index (χ3v) is 4.45. The fourth-order valence-corrected chi connectivity index (χ4v) is 3.15. The van der Waals surface area contributed by atoms with Crippen molar-refractivity contribution in [3.05, 3.63) is 59.8 Å². The van der Waals surface area contributed by atoms with Gasteiger partial charge in [0.1, 0.15) is 17.3 Å². The molecule has 0 spiro atoms. The van der Waals surface area contributed by atoms with E-state index in [9.17, 15) is 8.78 Å². The van der Waals surface area contributed by atoms with Gasteiger partial charge in [-0.05, 0) is 24.3 Å². The maximum Gasteiger partial charge on any atom is 0.167 e. The van der Waals surface area contributed by atoms with E-state index in [4.69, 9.17) is 4.52 Å². The number of aromatic nitrogens is 1. The van der Waals surface area contributed by atoms with E-state index in [0.717, 1.165) is 35.8 Å². The van der Waals surface area contributed by atoms with Gasteiger partial charge in [-0.1, -0.05) is 17.3 Å². The Morgan fingerprint density at radius 1 is 1.00 bits per heavy atom. The van der Waals surface area contributed by atoms with Crippen molar-refractivity contribution in [1.82, 2.24) is 10.1 Å². The molecule has 1 aliphatic heterocycles. The van der Waals surface area contributed by atoms with Gasteiger partial charge in [-0.2, -0.15) is 0 Å². The van der Waals surface area contributed by atoms with E-state index in [2.05, 4.69) is 10.1 Å². The highest BCUT2D eigenvalue weighted by Gasteiger charge is 2.21. The molecule has 0 amide bonds. The minimum absolute atomic E-state index is 0.461. The fourth-order valence-electron chi connectivity index (χ4n) is 3.15. The molecule has 0 N–H and O–H groups in total. The Labute approximate surface area is 138 Å². The highest BCUT2D eigenvalue weighted by molar-refractivity contribution is 5.79. The van der Waals surface area contributed by atoms with Crippen LogP contribution in [0.2, 0.25) is 0 Å². The van der Waals surface area contributed by atoms with Gasteiger partial charge in [0, 0.05) is 44.2 Å². The summed E-state index contributed by atoms with van der Waals surface area (Å²) >= 11 is 0. The molecule has 24 heavy (non-hydrogen) atoms. The van der Waals surface area contributed by atoms with Crippen LogP contribution in [0.15, 0.2) is 47.0 Å². The first-order valence-corrected chi connectivity index (χ1v) is 7.96. The summed E-state index contributed by atoms with van der Waals surface area (Å²) in [6, 6.07) is 11.5. The molecule has 6 heteroatoms. The summed E-state index contributed by atoms with van der Waals surface area (Å²) in [5, 5.41) is 5.19. The average molecular weight is 329 g/mol. The van der Waals surface area contributed by atoms with Crippen molar-refractivity contribution in [1.29, 1.82) is 0 Å². The molecule has 0 saturated carbocycles. The molecule has 1 fully saturated rings. The number of hydrogen-bond acceptors (Lipinski definition) is 4. The van der Waals surface area contributed by atoms with Gasteiger partial charge in [-0.15, -0.1) is 0 Å². The normalized spacial score (nSPS) is 16.0. The number of benzene rings is 2. The lowest BCUT2D eigenvalue weighted by Crippen LogP contribution is -2.46.